The smallest absolute Gasteiger partial charge is 0.314 e. The van der Waals surface area contributed by atoms with Gasteiger partial charge >= 0.3 is 5.97 Å². The van der Waals surface area contributed by atoms with Crippen molar-refractivity contribution in [3.63, 3.8) is 0 Å². The number of aromatic nitrogens is 1. The Labute approximate surface area is 179 Å². The number of halogens is 1. The second kappa shape index (κ2) is 7.20. The molecule has 1 aromatic carbocycles. The molecule has 1 aliphatic carbocycles. The summed E-state index contributed by atoms with van der Waals surface area (Å²) in [7, 11) is 0. The van der Waals surface area contributed by atoms with E-state index in [1.807, 2.05) is 25.1 Å². The molecule has 2 aliphatic rings. The van der Waals surface area contributed by atoms with Crippen molar-refractivity contribution in [3.05, 3.63) is 58.6 Å². The maximum atomic E-state index is 13.4. The first kappa shape index (κ1) is 19.2. The number of ether oxygens (including phenoxy) is 1. The monoisotopic (exact) mass is 426 g/mol. The highest BCUT2D eigenvalue weighted by atomic mass is 35.5. The highest BCUT2D eigenvalue weighted by Crippen LogP contribution is 2.56. The second-order valence-corrected chi connectivity index (χ2v) is 8.50. The summed E-state index contributed by atoms with van der Waals surface area (Å²) in [4.78, 5) is 31.8. The van der Waals surface area contributed by atoms with E-state index in [-0.39, 0.29) is 17.6 Å². The van der Waals surface area contributed by atoms with E-state index in [1.165, 1.54) is 6.26 Å². The molecule has 1 atom stereocenters. The first-order chi connectivity index (χ1) is 14.5. The molecule has 30 heavy (non-hydrogen) atoms. The van der Waals surface area contributed by atoms with E-state index in [1.54, 1.807) is 17.0 Å². The van der Waals surface area contributed by atoms with Crippen molar-refractivity contribution >= 4 is 34.4 Å². The van der Waals surface area contributed by atoms with E-state index >= 15 is 0 Å². The number of hydrogen-bond acceptors (Lipinski definition) is 4. The number of nitrogens with one attached hydrogen (secondary N) is 1. The van der Waals surface area contributed by atoms with Gasteiger partial charge in [-0.15, -0.1) is 0 Å². The fourth-order valence-corrected chi connectivity index (χ4v) is 5.19. The van der Waals surface area contributed by atoms with Crippen molar-refractivity contribution in [3.8, 4) is 0 Å². The van der Waals surface area contributed by atoms with Gasteiger partial charge in [0.2, 0.25) is 0 Å². The molecule has 3 heterocycles. The maximum absolute atomic E-state index is 13.4. The molecule has 1 aliphatic heterocycles. The van der Waals surface area contributed by atoms with Gasteiger partial charge in [0, 0.05) is 28.2 Å². The predicted octanol–water partition coefficient (Wildman–Crippen LogP) is 4.89. The number of amides is 1. The van der Waals surface area contributed by atoms with E-state index in [4.69, 9.17) is 20.8 Å². The molecule has 1 amide bonds. The Kier molecular flexibility index (Phi) is 4.62. The average Bonchev–Trinajstić information content (AvgIpc) is 3.35. The van der Waals surface area contributed by atoms with Crippen LogP contribution in [0.1, 0.15) is 54.0 Å². The summed E-state index contributed by atoms with van der Waals surface area (Å²) in [5, 5.41) is 1.71. The Morgan fingerprint density at radius 1 is 1.33 bits per heavy atom. The molecule has 0 spiro atoms. The van der Waals surface area contributed by atoms with Crippen LogP contribution in [0.25, 0.3) is 10.9 Å². The number of nitrogens with zero attached hydrogens (tertiary/aromatic N) is 1. The number of benzene rings is 1. The van der Waals surface area contributed by atoms with Crippen molar-refractivity contribution in [2.75, 3.05) is 13.2 Å². The van der Waals surface area contributed by atoms with Gasteiger partial charge in [0.05, 0.1) is 24.3 Å². The minimum atomic E-state index is -0.752. The minimum Gasteiger partial charge on any atom is -0.465 e. The number of hydrogen-bond donors (Lipinski definition) is 1. The minimum absolute atomic E-state index is 0.206. The molecule has 1 fully saturated rings. The number of carbonyl (C=O) groups is 2. The first-order valence-electron chi connectivity index (χ1n) is 10.4. The van der Waals surface area contributed by atoms with Crippen molar-refractivity contribution in [1.82, 2.24) is 9.88 Å². The van der Waals surface area contributed by atoms with E-state index in [0.717, 1.165) is 28.6 Å². The summed E-state index contributed by atoms with van der Waals surface area (Å²) in [5.74, 6) is -0.160. The highest BCUT2D eigenvalue weighted by Gasteiger charge is 2.57. The van der Waals surface area contributed by atoms with Gasteiger partial charge in [-0.2, -0.15) is 0 Å². The van der Waals surface area contributed by atoms with Gasteiger partial charge in [-0.25, -0.2) is 0 Å². The van der Waals surface area contributed by atoms with Gasteiger partial charge in [0.25, 0.3) is 5.91 Å². The van der Waals surface area contributed by atoms with Crippen LogP contribution < -0.4 is 0 Å². The SMILES string of the molecule is CCOC(=O)C1(C2c3[nH]c4ccc(Cl)cc4c3CCN2C(=O)c2ccco2)CCC1. The molecule has 1 N–H and O–H groups in total. The second-order valence-electron chi connectivity index (χ2n) is 8.07. The highest BCUT2D eigenvalue weighted by molar-refractivity contribution is 6.31. The third-order valence-electron chi connectivity index (χ3n) is 6.53. The van der Waals surface area contributed by atoms with E-state index in [9.17, 15) is 9.59 Å². The van der Waals surface area contributed by atoms with Crippen LogP contribution in [-0.2, 0) is 16.0 Å². The Morgan fingerprint density at radius 2 is 2.17 bits per heavy atom. The van der Waals surface area contributed by atoms with Crippen LogP contribution in [0.3, 0.4) is 0 Å². The van der Waals surface area contributed by atoms with Crippen LogP contribution in [0.2, 0.25) is 5.02 Å². The average molecular weight is 427 g/mol. The fraction of sp³-hybridized carbons (Fsp3) is 0.391. The van der Waals surface area contributed by atoms with Gasteiger partial charge in [0.15, 0.2) is 5.76 Å². The number of esters is 1. The van der Waals surface area contributed by atoms with Crippen molar-refractivity contribution in [2.45, 2.75) is 38.6 Å². The Hall–Kier alpha value is -2.73. The lowest BCUT2D eigenvalue weighted by Gasteiger charge is -2.50. The number of aromatic amines is 1. The summed E-state index contributed by atoms with van der Waals surface area (Å²) >= 11 is 6.26. The van der Waals surface area contributed by atoms with Gasteiger partial charge in [-0.3, -0.25) is 9.59 Å². The molecular weight excluding hydrogens is 404 g/mol. The Balaban J connectivity index is 1.68. The molecular formula is C23H23ClN2O4. The first-order valence-corrected chi connectivity index (χ1v) is 10.7. The summed E-state index contributed by atoms with van der Waals surface area (Å²) in [6.45, 7) is 2.62. The molecule has 3 aromatic rings. The van der Waals surface area contributed by atoms with Crippen LogP contribution >= 0.6 is 11.6 Å². The summed E-state index contributed by atoms with van der Waals surface area (Å²) in [5.41, 5.74) is 2.24. The number of H-pyrrole nitrogens is 1. The maximum Gasteiger partial charge on any atom is 0.314 e. The third kappa shape index (κ3) is 2.77. The van der Waals surface area contributed by atoms with E-state index in [2.05, 4.69) is 4.98 Å². The molecule has 1 unspecified atom stereocenters. The summed E-state index contributed by atoms with van der Waals surface area (Å²) in [6, 6.07) is 8.68. The summed E-state index contributed by atoms with van der Waals surface area (Å²) in [6.07, 6.45) is 4.48. The molecule has 156 valence electrons. The lowest BCUT2D eigenvalue weighted by atomic mass is 9.61. The molecule has 0 saturated heterocycles. The largest absolute Gasteiger partial charge is 0.465 e. The number of rotatable bonds is 4. The standard InChI is InChI=1S/C23H23ClN2O4/c1-2-29-22(28)23(9-4-10-23)20-19-15(16-13-14(24)6-7-17(16)25-19)8-11-26(20)21(27)18-5-3-12-30-18/h3,5-7,12-13,20,25H,2,4,8-11H2,1H3. The number of carbonyl (C=O) groups excluding carboxylic acids is 2. The lowest BCUT2D eigenvalue weighted by Crippen LogP contribution is -2.54. The van der Waals surface area contributed by atoms with Crippen LogP contribution in [0.15, 0.2) is 41.0 Å². The zero-order chi connectivity index (χ0) is 20.9. The molecule has 6 nitrogen and oxygen atoms in total. The Morgan fingerprint density at radius 3 is 2.83 bits per heavy atom. The molecule has 5 rings (SSSR count). The summed E-state index contributed by atoms with van der Waals surface area (Å²) < 4.78 is 10.9. The number of fused-ring (bicyclic) bond motifs is 3. The van der Waals surface area contributed by atoms with Crippen LogP contribution in [0.4, 0.5) is 0 Å². The zero-order valence-electron chi connectivity index (χ0n) is 16.7. The van der Waals surface area contributed by atoms with Gasteiger partial charge in [-0.05, 0) is 62.1 Å². The van der Waals surface area contributed by atoms with Gasteiger partial charge in [0.1, 0.15) is 0 Å². The number of furan rings is 1. The molecule has 0 radical (unpaired) electrons. The Bertz CT molecular complexity index is 1110. The zero-order valence-corrected chi connectivity index (χ0v) is 17.5. The molecule has 1 saturated carbocycles. The topological polar surface area (TPSA) is 75.5 Å². The molecule has 2 aromatic heterocycles. The lowest BCUT2D eigenvalue weighted by molar-refractivity contribution is -0.168. The molecule has 7 heteroatoms. The quantitative estimate of drug-likeness (QED) is 0.603. The van der Waals surface area contributed by atoms with Crippen molar-refractivity contribution < 1.29 is 18.7 Å². The van der Waals surface area contributed by atoms with Gasteiger partial charge in [-0.1, -0.05) is 18.0 Å². The van der Waals surface area contributed by atoms with Gasteiger partial charge < -0.3 is 19.0 Å². The van der Waals surface area contributed by atoms with E-state index < -0.39 is 11.5 Å². The molecule has 0 bridgehead atoms. The van der Waals surface area contributed by atoms with E-state index in [0.29, 0.717) is 37.4 Å². The van der Waals surface area contributed by atoms with Crippen LogP contribution in [0, 0.1) is 5.41 Å². The third-order valence-corrected chi connectivity index (χ3v) is 6.77. The fourth-order valence-electron chi connectivity index (χ4n) is 5.02. The normalized spacial score (nSPS) is 19.9. The van der Waals surface area contributed by atoms with Crippen LogP contribution in [-0.4, -0.2) is 34.9 Å². The van der Waals surface area contributed by atoms with Crippen LogP contribution in [0.5, 0.6) is 0 Å². The van der Waals surface area contributed by atoms with Crippen molar-refractivity contribution in [1.29, 1.82) is 0 Å². The predicted molar refractivity (Wildman–Crippen MR) is 112 cm³/mol. The van der Waals surface area contributed by atoms with Crippen molar-refractivity contribution in [2.24, 2.45) is 5.41 Å².